The molecule has 1 N–H and O–H groups in total. The van der Waals surface area contributed by atoms with Crippen molar-refractivity contribution in [3.05, 3.63) is 53.8 Å². The van der Waals surface area contributed by atoms with Crippen molar-refractivity contribution in [2.75, 3.05) is 20.8 Å². The Kier molecular flexibility index (Phi) is 5.30. The Balaban J connectivity index is 1.64. The predicted molar refractivity (Wildman–Crippen MR) is 96.4 cm³/mol. The number of phenols is 1. The maximum Gasteiger partial charge on any atom is 0.310 e. The van der Waals surface area contributed by atoms with Crippen molar-refractivity contribution < 1.29 is 33.3 Å². The van der Waals surface area contributed by atoms with Crippen LogP contribution in [-0.4, -0.2) is 37.7 Å². The molecule has 0 bridgehead atoms. The molecule has 0 fully saturated rings. The van der Waals surface area contributed by atoms with Gasteiger partial charge in [0.2, 0.25) is 5.78 Å². The molecule has 2 aromatic carbocycles. The van der Waals surface area contributed by atoms with E-state index in [9.17, 15) is 14.7 Å². The number of rotatable bonds is 7. The van der Waals surface area contributed by atoms with Gasteiger partial charge >= 0.3 is 5.97 Å². The van der Waals surface area contributed by atoms with E-state index in [1.165, 1.54) is 32.6 Å². The van der Waals surface area contributed by atoms with Gasteiger partial charge in [0, 0.05) is 23.1 Å². The second-order valence-corrected chi connectivity index (χ2v) is 5.77. The third-order valence-electron chi connectivity index (χ3n) is 4.05. The number of phenolic OH excluding ortho intramolecular Hbond substituents is 1. The van der Waals surface area contributed by atoms with Crippen molar-refractivity contribution in [1.82, 2.24) is 0 Å². The van der Waals surface area contributed by atoms with Crippen LogP contribution >= 0.6 is 0 Å². The number of ether oxygens (including phenoxy) is 3. The van der Waals surface area contributed by atoms with Crippen LogP contribution in [0.2, 0.25) is 0 Å². The molecule has 0 aliphatic rings. The monoisotopic (exact) mass is 370 g/mol. The van der Waals surface area contributed by atoms with E-state index in [0.29, 0.717) is 33.6 Å². The highest BCUT2D eigenvalue weighted by Gasteiger charge is 2.17. The van der Waals surface area contributed by atoms with Crippen molar-refractivity contribution in [2.24, 2.45) is 0 Å². The van der Waals surface area contributed by atoms with Crippen LogP contribution in [0, 0.1) is 0 Å². The zero-order chi connectivity index (χ0) is 19.4. The number of methoxy groups -OCH3 is 2. The van der Waals surface area contributed by atoms with Crippen molar-refractivity contribution in [3.8, 4) is 17.2 Å². The normalized spacial score (nSPS) is 10.6. The van der Waals surface area contributed by atoms with Crippen molar-refractivity contribution in [1.29, 1.82) is 0 Å². The fourth-order valence-corrected chi connectivity index (χ4v) is 2.67. The minimum absolute atomic E-state index is 0.0508. The summed E-state index contributed by atoms with van der Waals surface area (Å²) in [7, 11) is 2.96. The largest absolute Gasteiger partial charge is 0.508 e. The highest BCUT2D eigenvalue weighted by Crippen LogP contribution is 2.26. The summed E-state index contributed by atoms with van der Waals surface area (Å²) in [6.45, 7) is -0.405. The number of benzene rings is 2. The van der Waals surface area contributed by atoms with Crippen LogP contribution < -0.4 is 9.47 Å². The van der Waals surface area contributed by atoms with Crippen molar-refractivity contribution in [3.63, 3.8) is 0 Å². The van der Waals surface area contributed by atoms with Crippen LogP contribution in [0.4, 0.5) is 0 Å². The van der Waals surface area contributed by atoms with E-state index in [0.717, 1.165) is 0 Å². The van der Waals surface area contributed by atoms with E-state index in [4.69, 9.17) is 18.6 Å². The Morgan fingerprint density at radius 3 is 2.63 bits per heavy atom. The van der Waals surface area contributed by atoms with Gasteiger partial charge in [-0.2, -0.15) is 0 Å². The molecule has 3 rings (SSSR count). The fraction of sp³-hybridized carbons (Fsp3) is 0.200. The number of aromatic hydroxyl groups is 1. The molecule has 3 aromatic rings. The summed E-state index contributed by atoms with van der Waals surface area (Å²) < 4.78 is 20.7. The van der Waals surface area contributed by atoms with Crippen molar-refractivity contribution in [2.45, 2.75) is 6.42 Å². The smallest absolute Gasteiger partial charge is 0.310 e. The molecule has 0 spiro atoms. The summed E-state index contributed by atoms with van der Waals surface area (Å²) in [5.74, 6) is 0.0238. The number of carbonyl (C=O) groups excluding carboxylic acids is 2. The third-order valence-corrected chi connectivity index (χ3v) is 4.05. The summed E-state index contributed by atoms with van der Waals surface area (Å²) in [6.07, 6.45) is 1.38. The lowest BCUT2D eigenvalue weighted by atomic mass is 10.1. The van der Waals surface area contributed by atoms with Gasteiger partial charge in [-0.1, -0.05) is 0 Å². The molecular weight excluding hydrogens is 352 g/mol. The Labute approximate surface area is 155 Å². The molecule has 0 saturated carbocycles. The number of Topliss-reactive ketones (excluding diaryl/α,β-unsaturated/α-hetero) is 1. The summed E-state index contributed by atoms with van der Waals surface area (Å²) in [5.41, 5.74) is 1.39. The summed E-state index contributed by atoms with van der Waals surface area (Å²) in [6, 6.07) is 9.40. The van der Waals surface area contributed by atoms with Gasteiger partial charge in [-0.25, -0.2) is 0 Å². The number of hydrogen-bond acceptors (Lipinski definition) is 7. The first-order valence-electron chi connectivity index (χ1n) is 8.11. The van der Waals surface area contributed by atoms with E-state index in [-0.39, 0.29) is 18.0 Å². The van der Waals surface area contributed by atoms with Gasteiger partial charge in [-0.05, 0) is 24.3 Å². The molecule has 7 nitrogen and oxygen atoms in total. The molecule has 1 heterocycles. The van der Waals surface area contributed by atoms with Crippen molar-refractivity contribution >= 4 is 22.7 Å². The van der Waals surface area contributed by atoms with Crippen LogP contribution in [0.15, 0.2) is 47.1 Å². The van der Waals surface area contributed by atoms with Gasteiger partial charge in [-0.3, -0.25) is 9.59 Å². The topological polar surface area (TPSA) is 95.2 Å². The van der Waals surface area contributed by atoms with Crippen LogP contribution in [0.25, 0.3) is 11.0 Å². The molecule has 1 aromatic heterocycles. The Morgan fingerprint density at radius 1 is 1.07 bits per heavy atom. The Bertz CT molecular complexity index is 987. The summed E-state index contributed by atoms with van der Waals surface area (Å²) in [4.78, 5) is 24.4. The minimum Gasteiger partial charge on any atom is -0.508 e. The quantitative estimate of drug-likeness (QED) is 0.504. The Morgan fingerprint density at radius 2 is 1.89 bits per heavy atom. The Hall–Kier alpha value is -3.48. The number of ketones is 1. The first-order chi connectivity index (χ1) is 13.0. The maximum absolute atomic E-state index is 12.3. The first-order valence-corrected chi connectivity index (χ1v) is 8.11. The predicted octanol–water partition coefficient (Wildman–Crippen LogP) is 3.12. The summed E-state index contributed by atoms with van der Waals surface area (Å²) in [5, 5.41) is 10.1. The average Bonchev–Trinajstić information content (AvgIpc) is 3.07. The van der Waals surface area contributed by atoms with E-state index in [2.05, 4.69) is 0 Å². The fourth-order valence-electron chi connectivity index (χ4n) is 2.67. The van der Waals surface area contributed by atoms with Crippen LogP contribution in [0.5, 0.6) is 17.2 Å². The second kappa shape index (κ2) is 7.82. The molecule has 0 unspecified atom stereocenters. The summed E-state index contributed by atoms with van der Waals surface area (Å²) >= 11 is 0. The van der Waals surface area contributed by atoms with Gasteiger partial charge < -0.3 is 23.7 Å². The zero-order valence-corrected chi connectivity index (χ0v) is 14.9. The molecule has 0 aliphatic heterocycles. The molecule has 0 amide bonds. The lowest BCUT2D eigenvalue weighted by Crippen LogP contribution is -2.16. The van der Waals surface area contributed by atoms with Gasteiger partial charge in [0.25, 0.3) is 0 Å². The maximum atomic E-state index is 12.3. The lowest BCUT2D eigenvalue weighted by Gasteiger charge is -2.10. The van der Waals surface area contributed by atoms with Crippen LogP contribution in [0.1, 0.15) is 15.9 Å². The molecule has 0 saturated heterocycles. The standard InChI is InChI=1S/C20H18O7/c1-24-14-4-6-16(18(9-14)25-2)17(22)11-27-20(23)7-12-10-26-19-8-13(21)3-5-15(12)19/h3-6,8-10,21H,7,11H2,1-2H3. The van der Waals surface area contributed by atoms with E-state index >= 15 is 0 Å². The van der Waals surface area contributed by atoms with E-state index in [1.54, 1.807) is 24.3 Å². The van der Waals surface area contributed by atoms with E-state index in [1.807, 2.05) is 0 Å². The number of carbonyl (C=O) groups is 2. The third kappa shape index (κ3) is 4.03. The molecule has 0 atom stereocenters. The second-order valence-electron chi connectivity index (χ2n) is 5.77. The molecule has 0 radical (unpaired) electrons. The van der Waals surface area contributed by atoms with E-state index < -0.39 is 12.6 Å². The van der Waals surface area contributed by atoms with Gasteiger partial charge in [0.15, 0.2) is 6.61 Å². The number of esters is 1. The molecule has 0 aliphatic carbocycles. The van der Waals surface area contributed by atoms with Crippen LogP contribution in [-0.2, 0) is 16.0 Å². The van der Waals surface area contributed by atoms with Gasteiger partial charge in [0.05, 0.1) is 32.5 Å². The average molecular weight is 370 g/mol. The molecular formula is C20H18O7. The lowest BCUT2D eigenvalue weighted by molar-refractivity contribution is -0.141. The SMILES string of the molecule is COc1ccc(C(=O)COC(=O)Cc2coc3cc(O)ccc23)c(OC)c1. The highest BCUT2D eigenvalue weighted by atomic mass is 16.5. The highest BCUT2D eigenvalue weighted by molar-refractivity contribution is 6.00. The first kappa shape index (κ1) is 18.3. The number of furan rings is 1. The zero-order valence-electron chi connectivity index (χ0n) is 14.9. The number of fused-ring (bicyclic) bond motifs is 1. The molecule has 7 heteroatoms. The number of hydrogen-bond donors (Lipinski definition) is 1. The minimum atomic E-state index is -0.563. The van der Waals surface area contributed by atoms with Gasteiger partial charge in [0.1, 0.15) is 22.8 Å². The molecule has 27 heavy (non-hydrogen) atoms. The van der Waals surface area contributed by atoms with Gasteiger partial charge in [-0.15, -0.1) is 0 Å². The molecule has 140 valence electrons. The van der Waals surface area contributed by atoms with Crippen LogP contribution in [0.3, 0.4) is 0 Å².